The lowest BCUT2D eigenvalue weighted by Gasteiger charge is -2.26. The zero-order valence-electron chi connectivity index (χ0n) is 17.7. The number of ether oxygens (including phenoxy) is 2. The summed E-state index contributed by atoms with van der Waals surface area (Å²) in [6, 6.07) is 4.42. The lowest BCUT2D eigenvalue weighted by Crippen LogP contribution is -2.54. The van der Waals surface area contributed by atoms with Crippen LogP contribution in [0.3, 0.4) is 0 Å². The second kappa shape index (κ2) is 8.86. The first-order valence-electron chi connectivity index (χ1n) is 9.79. The molecule has 0 spiro atoms. The fraction of sp³-hybridized carbons (Fsp3) is 0.500. The van der Waals surface area contributed by atoms with Crippen molar-refractivity contribution >= 4 is 28.4 Å². The Morgan fingerprint density at radius 1 is 1.20 bits per heavy atom. The monoisotopic (exact) mass is 433 g/mol. The van der Waals surface area contributed by atoms with Crippen LogP contribution in [0.4, 0.5) is 9.93 Å². The smallest absolute Gasteiger partial charge is 0.315 e. The number of anilines is 1. The molecule has 3 N–H and O–H groups in total. The summed E-state index contributed by atoms with van der Waals surface area (Å²) in [4.78, 5) is 25.1. The third-order valence-electron chi connectivity index (χ3n) is 4.55. The number of benzene rings is 1. The van der Waals surface area contributed by atoms with Gasteiger partial charge in [0.1, 0.15) is 11.0 Å². The van der Waals surface area contributed by atoms with E-state index in [9.17, 15) is 9.59 Å². The van der Waals surface area contributed by atoms with E-state index in [1.807, 2.05) is 52.8 Å². The molecule has 3 amide bonds. The summed E-state index contributed by atoms with van der Waals surface area (Å²) >= 11 is 1.25. The van der Waals surface area contributed by atoms with Crippen molar-refractivity contribution in [1.82, 2.24) is 20.8 Å². The van der Waals surface area contributed by atoms with Gasteiger partial charge in [0.25, 0.3) is 0 Å². The average molecular weight is 434 g/mol. The Hall–Kier alpha value is -2.88. The second-order valence-corrected chi connectivity index (χ2v) is 9.16. The van der Waals surface area contributed by atoms with Crippen molar-refractivity contribution in [2.75, 3.05) is 12.1 Å². The number of carbonyl (C=O) groups excluding carboxylic acids is 2. The van der Waals surface area contributed by atoms with E-state index in [1.165, 1.54) is 11.3 Å². The third-order valence-corrected chi connectivity index (χ3v) is 5.43. The molecule has 30 heavy (non-hydrogen) atoms. The molecular formula is C20H27N5O4S. The molecule has 1 aromatic heterocycles. The molecule has 2 heterocycles. The van der Waals surface area contributed by atoms with Crippen LogP contribution in [0.1, 0.15) is 41.0 Å². The zero-order valence-corrected chi connectivity index (χ0v) is 18.6. The molecule has 0 saturated carbocycles. The largest absolute Gasteiger partial charge is 0.454 e. The van der Waals surface area contributed by atoms with Gasteiger partial charge in [-0.15, -0.1) is 10.2 Å². The maximum Gasteiger partial charge on any atom is 0.315 e. The first-order valence-corrected chi connectivity index (χ1v) is 10.6. The van der Waals surface area contributed by atoms with Gasteiger partial charge in [-0.2, -0.15) is 0 Å². The first kappa shape index (κ1) is 21.8. The summed E-state index contributed by atoms with van der Waals surface area (Å²) < 4.78 is 10.7. The van der Waals surface area contributed by atoms with Gasteiger partial charge in [0, 0.05) is 11.1 Å². The number of nitrogens with one attached hydrogen (secondary N) is 3. The fourth-order valence-corrected chi connectivity index (χ4v) is 3.57. The Balaban J connectivity index is 1.69. The predicted octanol–water partition coefficient (Wildman–Crippen LogP) is 3.38. The third kappa shape index (κ3) is 5.38. The van der Waals surface area contributed by atoms with Crippen LogP contribution in [0.5, 0.6) is 11.5 Å². The van der Waals surface area contributed by atoms with E-state index >= 15 is 0 Å². The van der Waals surface area contributed by atoms with Crippen molar-refractivity contribution in [3.05, 3.63) is 18.2 Å². The molecule has 10 heteroatoms. The highest BCUT2D eigenvalue weighted by atomic mass is 32.1. The Morgan fingerprint density at radius 2 is 1.93 bits per heavy atom. The van der Waals surface area contributed by atoms with Gasteiger partial charge in [0.15, 0.2) is 11.5 Å². The average Bonchev–Trinajstić information content (AvgIpc) is 3.32. The lowest BCUT2D eigenvalue weighted by molar-refractivity contribution is -0.119. The zero-order chi connectivity index (χ0) is 21.9. The molecule has 2 unspecified atom stereocenters. The van der Waals surface area contributed by atoms with Gasteiger partial charge >= 0.3 is 6.03 Å². The molecule has 0 saturated heterocycles. The molecule has 0 radical (unpaired) electrons. The van der Waals surface area contributed by atoms with Gasteiger partial charge in [0.2, 0.25) is 17.8 Å². The van der Waals surface area contributed by atoms with Crippen molar-refractivity contribution in [3.8, 4) is 22.1 Å². The summed E-state index contributed by atoms with van der Waals surface area (Å²) in [5.74, 6) is 0.950. The van der Waals surface area contributed by atoms with Crippen LogP contribution in [0.25, 0.3) is 10.6 Å². The maximum absolute atomic E-state index is 12.9. The number of hydrogen-bond acceptors (Lipinski definition) is 7. The van der Waals surface area contributed by atoms with Gasteiger partial charge < -0.3 is 20.1 Å². The summed E-state index contributed by atoms with van der Waals surface area (Å²) in [5.41, 5.74) is 0.415. The molecule has 0 aliphatic carbocycles. The number of amides is 3. The molecule has 2 atom stereocenters. The van der Waals surface area contributed by atoms with Crippen molar-refractivity contribution < 1.29 is 19.1 Å². The Morgan fingerprint density at radius 3 is 2.63 bits per heavy atom. The topological polar surface area (TPSA) is 114 Å². The normalized spacial score (nSPS) is 14.7. The van der Waals surface area contributed by atoms with E-state index in [4.69, 9.17) is 9.47 Å². The molecule has 162 valence electrons. The summed E-state index contributed by atoms with van der Waals surface area (Å²) in [6.07, 6.45) is 0.729. The minimum Gasteiger partial charge on any atom is -0.454 e. The van der Waals surface area contributed by atoms with Gasteiger partial charge in [-0.05, 0) is 44.9 Å². The van der Waals surface area contributed by atoms with E-state index in [1.54, 1.807) is 0 Å². The van der Waals surface area contributed by atoms with Crippen molar-refractivity contribution in [2.45, 2.75) is 52.6 Å². The van der Waals surface area contributed by atoms with Crippen LogP contribution in [0.15, 0.2) is 18.2 Å². The molecule has 0 fully saturated rings. The van der Waals surface area contributed by atoms with Gasteiger partial charge in [-0.3, -0.25) is 10.1 Å². The fourth-order valence-electron chi connectivity index (χ4n) is 2.82. The molecule has 1 aliphatic heterocycles. The minimum absolute atomic E-state index is 0.0584. The standard InChI is InChI=1S/C20H27N5O4S/c1-6-11(2)15(21-18(27)23-20(3,4)5)16(26)22-19-25-24-17(30-19)12-7-8-13-14(9-12)29-10-28-13/h7-9,11,15H,6,10H2,1-5H3,(H2,21,23,27)(H,22,25,26). The summed E-state index contributed by atoms with van der Waals surface area (Å²) in [7, 11) is 0. The van der Waals surface area contributed by atoms with Gasteiger partial charge in [-0.25, -0.2) is 4.79 Å². The van der Waals surface area contributed by atoms with E-state index in [0.717, 1.165) is 12.0 Å². The number of fused-ring (bicyclic) bond motifs is 1. The minimum atomic E-state index is -0.699. The Bertz CT molecular complexity index is 924. The number of carbonyl (C=O) groups is 2. The molecule has 9 nitrogen and oxygen atoms in total. The number of rotatable bonds is 6. The molecule has 0 bridgehead atoms. The molecule has 2 aromatic rings. The highest BCUT2D eigenvalue weighted by Gasteiger charge is 2.28. The highest BCUT2D eigenvalue weighted by molar-refractivity contribution is 7.18. The van der Waals surface area contributed by atoms with Gasteiger partial charge in [0.05, 0.1) is 0 Å². The first-order chi connectivity index (χ1) is 14.2. The van der Waals surface area contributed by atoms with E-state index in [2.05, 4.69) is 26.1 Å². The molecule has 1 aliphatic rings. The molecular weight excluding hydrogens is 406 g/mol. The number of urea groups is 1. The summed E-state index contributed by atoms with van der Waals surface area (Å²) in [5, 5.41) is 17.6. The van der Waals surface area contributed by atoms with Crippen molar-refractivity contribution in [1.29, 1.82) is 0 Å². The highest BCUT2D eigenvalue weighted by Crippen LogP contribution is 2.37. The number of aromatic nitrogens is 2. The Labute approximate surface area is 179 Å². The predicted molar refractivity (Wildman–Crippen MR) is 115 cm³/mol. The van der Waals surface area contributed by atoms with Crippen LogP contribution in [0, 0.1) is 5.92 Å². The van der Waals surface area contributed by atoms with Crippen LogP contribution >= 0.6 is 11.3 Å². The quantitative estimate of drug-likeness (QED) is 0.643. The van der Waals surface area contributed by atoms with E-state index in [-0.39, 0.29) is 24.6 Å². The summed E-state index contributed by atoms with van der Waals surface area (Å²) in [6.45, 7) is 9.72. The SMILES string of the molecule is CCC(C)C(NC(=O)NC(C)(C)C)C(=O)Nc1nnc(-c2ccc3c(c2)OCO3)s1. The lowest BCUT2D eigenvalue weighted by atomic mass is 9.98. The maximum atomic E-state index is 12.9. The number of nitrogens with zero attached hydrogens (tertiary/aromatic N) is 2. The van der Waals surface area contributed by atoms with Gasteiger partial charge in [-0.1, -0.05) is 31.6 Å². The van der Waals surface area contributed by atoms with Crippen LogP contribution in [0.2, 0.25) is 0 Å². The van der Waals surface area contributed by atoms with Crippen molar-refractivity contribution in [2.24, 2.45) is 5.92 Å². The molecule has 1 aromatic carbocycles. The van der Waals surface area contributed by atoms with Crippen molar-refractivity contribution in [3.63, 3.8) is 0 Å². The molecule has 3 rings (SSSR count). The van der Waals surface area contributed by atoms with Crippen LogP contribution < -0.4 is 25.4 Å². The number of hydrogen-bond donors (Lipinski definition) is 3. The van der Waals surface area contributed by atoms with E-state index < -0.39 is 11.6 Å². The van der Waals surface area contributed by atoms with Crippen LogP contribution in [-0.2, 0) is 4.79 Å². The second-order valence-electron chi connectivity index (χ2n) is 8.18. The Kier molecular flexibility index (Phi) is 6.45. The van der Waals surface area contributed by atoms with Crippen LogP contribution in [-0.4, -0.2) is 40.5 Å². The van der Waals surface area contributed by atoms with E-state index in [0.29, 0.717) is 21.6 Å².